The molecule has 0 fully saturated rings. The molecule has 1 heterocycles. The lowest BCUT2D eigenvalue weighted by atomic mass is 10.3. The number of hydrogen-bond acceptors (Lipinski definition) is 6. The summed E-state index contributed by atoms with van der Waals surface area (Å²) in [6, 6.07) is 11.7. The van der Waals surface area contributed by atoms with Crippen LogP contribution < -0.4 is 10.1 Å². The fourth-order valence-corrected chi connectivity index (χ4v) is 2.98. The lowest BCUT2D eigenvalue weighted by molar-refractivity contribution is -0.113. The van der Waals surface area contributed by atoms with E-state index in [-0.39, 0.29) is 23.5 Å². The van der Waals surface area contributed by atoms with Crippen LogP contribution in [-0.2, 0) is 11.4 Å². The van der Waals surface area contributed by atoms with Gasteiger partial charge >= 0.3 is 0 Å². The normalized spacial score (nSPS) is 10.6. The summed E-state index contributed by atoms with van der Waals surface area (Å²) in [5.41, 5.74) is 0.442. The van der Waals surface area contributed by atoms with Crippen LogP contribution in [0.15, 0.2) is 52.1 Å². The molecule has 0 saturated heterocycles. The van der Waals surface area contributed by atoms with Crippen molar-refractivity contribution in [3.05, 3.63) is 63.4 Å². The van der Waals surface area contributed by atoms with Gasteiger partial charge in [0.2, 0.25) is 5.91 Å². The summed E-state index contributed by atoms with van der Waals surface area (Å²) in [5.74, 6) is 0.722. The quantitative estimate of drug-likeness (QED) is 0.496. The van der Waals surface area contributed by atoms with Gasteiger partial charge in [0.05, 0.1) is 16.5 Å². The first-order valence-corrected chi connectivity index (χ1v) is 9.70. The highest BCUT2D eigenvalue weighted by molar-refractivity contribution is 7.99. The maximum Gasteiger partial charge on any atom is 0.277 e. The molecular formula is C17H12Cl3N3O3S. The zero-order valence-corrected chi connectivity index (χ0v) is 16.7. The molecular weight excluding hydrogens is 433 g/mol. The van der Waals surface area contributed by atoms with E-state index in [1.807, 2.05) is 0 Å². The zero-order chi connectivity index (χ0) is 19.2. The fraction of sp³-hybridized carbons (Fsp3) is 0.118. The number of halogens is 3. The number of hydrogen-bond donors (Lipinski definition) is 1. The van der Waals surface area contributed by atoms with Crippen molar-refractivity contribution in [3.8, 4) is 5.75 Å². The number of benzene rings is 2. The number of ether oxygens (including phenoxy) is 1. The van der Waals surface area contributed by atoms with Crippen LogP contribution in [0.2, 0.25) is 15.1 Å². The average Bonchev–Trinajstić information content (AvgIpc) is 3.10. The Morgan fingerprint density at radius 2 is 1.81 bits per heavy atom. The number of nitrogens with zero attached hydrogens (tertiary/aromatic N) is 2. The molecule has 10 heteroatoms. The molecule has 0 aliphatic heterocycles. The van der Waals surface area contributed by atoms with Crippen molar-refractivity contribution in [3.63, 3.8) is 0 Å². The van der Waals surface area contributed by atoms with E-state index in [0.29, 0.717) is 32.4 Å². The minimum atomic E-state index is -0.277. The van der Waals surface area contributed by atoms with Crippen LogP contribution in [0.1, 0.15) is 5.89 Å². The Morgan fingerprint density at radius 3 is 2.59 bits per heavy atom. The van der Waals surface area contributed by atoms with Crippen molar-refractivity contribution in [2.75, 3.05) is 11.1 Å². The Bertz CT molecular complexity index is 935. The molecule has 140 valence electrons. The van der Waals surface area contributed by atoms with Gasteiger partial charge in [-0.05, 0) is 42.5 Å². The van der Waals surface area contributed by atoms with Crippen LogP contribution in [0.4, 0.5) is 5.69 Å². The number of amides is 1. The van der Waals surface area contributed by atoms with Crippen molar-refractivity contribution < 1.29 is 13.9 Å². The molecule has 0 unspecified atom stereocenters. The Labute approximate surface area is 174 Å². The molecule has 0 bridgehead atoms. The van der Waals surface area contributed by atoms with E-state index < -0.39 is 0 Å². The minimum absolute atomic E-state index is 0.0719. The lowest BCUT2D eigenvalue weighted by Gasteiger charge is -2.06. The second-order valence-electron chi connectivity index (χ2n) is 5.17. The van der Waals surface area contributed by atoms with E-state index in [9.17, 15) is 4.79 Å². The molecule has 27 heavy (non-hydrogen) atoms. The molecule has 0 saturated carbocycles. The molecule has 1 aromatic heterocycles. The summed E-state index contributed by atoms with van der Waals surface area (Å²) in [6.45, 7) is 0.111. The molecule has 6 nitrogen and oxygen atoms in total. The molecule has 1 N–H and O–H groups in total. The monoisotopic (exact) mass is 443 g/mol. The third-order valence-electron chi connectivity index (χ3n) is 3.15. The summed E-state index contributed by atoms with van der Waals surface area (Å²) in [6.07, 6.45) is 0. The Morgan fingerprint density at radius 1 is 1.07 bits per heavy atom. The number of rotatable bonds is 7. The van der Waals surface area contributed by atoms with Gasteiger partial charge in [0, 0.05) is 10.0 Å². The van der Waals surface area contributed by atoms with Gasteiger partial charge in [0.25, 0.3) is 11.1 Å². The number of carbonyl (C=O) groups is 1. The van der Waals surface area contributed by atoms with Crippen molar-refractivity contribution >= 4 is 58.2 Å². The van der Waals surface area contributed by atoms with Gasteiger partial charge in [-0.15, -0.1) is 10.2 Å². The van der Waals surface area contributed by atoms with Crippen molar-refractivity contribution in [1.82, 2.24) is 10.2 Å². The van der Waals surface area contributed by atoms with Crippen LogP contribution in [0.3, 0.4) is 0 Å². The Kier molecular flexibility index (Phi) is 6.84. The summed E-state index contributed by atoms with van der Waals surface area (Å²) in [7, 11) is 0. The molecule has 3 rings (SSSR count). The highest BCUT2D eigenvalue weighted by Gasteiger charge is 2.12. The van der Waals surface area contributed by atoms with Crippen LogP contribution >= 0.6 is 46.6 Å². The van der Waals surface area contributed by atoms with Crippen LogP contribution in [0.25, 0.3) is 0 Å². The molecule has 2 aromatic carbocycles. The van der Waals surface area contributed by atoms with Gasteiger partial charge in [0.1, 0.15) is 5.75 Å². The van der Waals surface area contributed by atoms with Gasteiger partial charge in [-0.3, -0.25) is 4.79 Å². The van der Waals surface area contributed by atoms with Gasteiger partial charge in [-0.1, -0.05) is 46.6 Å². The smallest absolute Gasteiger partial charge is 0.277 e. The zero-order valence-electron chi connectivity index (χ0n) is 13.6. The average molecular weight is 445 g/mol. The predicted molar refractivity (Wildman–Crippen MR) is 106 cm³/mol. The molecule has 0 atom stereocenters. The molecule has 0 radical (unpaired) electrons. The minimum Gasteiger partial charge on any atom is -0.484 e. The van der Waals surface area contributed by atoms with Crippen LogP contribution in [-0.4, -0.2) is 21.9 Å². The topological polar surface area (TPSA) is 77.2 Å². The molecule has 0 aliphatic carbocycles. The largest absolute Gasteiger partial charge is 0.484 e. The van der Waals surface area contributed by atoms with Gasteiger partial charge in [0.15, 0.2) is 6.61 Å². The number of aromatic nitrogens is 2. The van der Waals surface area contributed by atoms with Gasteiger partial charge in [-0.2, -0.15) is 0 Å². The number of carbonyl (C=O) groups excluding carboxylic acids is 1. The number of anilines is 1. The van der Waals surface area contributed by atoms with E-state index in [4.69, 9.17) is 44.0 Å². The predicted octanol–water partition coefficient (Wildman–Crippen LogP) is 5.34. The van der Waals surface area contributed by atoms with Crippen molar-refractivity contribution in [2.45, 2.75) is 11.8 Å². The van der Waals surface area contributed by atoms with E-state index in [0.717, 1.165) is 11.8 Å². The third-order valence-corrected chi connectivity index (χ3v) is 4.79. The Hall–Kier alpha value is -1.93. The summed E-state index contributed by atoms with van der Waals surface area (Å²) in [4.78, 5) is 12.0. The van der Waals surface area contributed by atoms with Crippen LogP contribution in [0.5, 0.6) is 5.75 Å². The first-order valence-electron chi connectivity index (χ1n) is 7.58. The van der Waals surface area contributed by atoms with E-state index >= 15 is 0 Å². The standard InChI is InChI=1S/C17H12Cl3N3O3S/c18-10-1-4-12(5-2-10)25-8-16-22-23-17(26-16)27-9-15(24)21-14-7-11(19)3-6-13(14)20/h1-7H,8-9H2,(H,21,24). The van der Waals surface area contributed by atoms with E-state index in [1.54, 1.807) is 42.5 Å². The molecule has 3 aromatic rings. The summed E-state index contributed by atoms with van der Waals surface area (Å²) in [5, 5.41) is 12.2. The summed E-state index contributed by atoms with van der Waals surface area (Å²) < 4.78 is 11.0. The lowest BCUT2D eigenvalue weighted by Crippen LogP contribution is -2.14. The van der Waals surface area contributed by atoms with Crippen molar-refractivity contribution in [1.29, 1.82) is 0 Å². The molecule has 0 spiro atoms. The van der Waals surface area contributed by atoms with E-state index in [1.165, 1.54) is 0 Å². The number of nitrogens with one attached hydrogen (secondary N) is 1. The van der Waals surface area contributed by atoms with Gasteiger partial charge < -0.3 is 14.5 Å². The highest BCUT2D eigenvalue weighted by Crippen LogP contribution is 2.26. The highest BCUT2D eigenvalue weighted by atomic mass is 35.5. The van der Waals surface area contributed by atoms with Crippen LogP contribution in [0, 0.1) is 0 Å². The van der Waals surface area contributed by atoms with Gasteiger partial charge in [-0.25, -0.2) is 0 Å². The number of thioether (sulfide) groups is 1. The maximum absolute atomic E-state index is 12.0. The third kappa shape index (κ3) is 6.04. The first-order chi connectivity index (χ1) is 13.0. The fourth-order valence-electron chi connectivity index (χ4n) is 1.94. The first kappa shape index (κ1) is 19.8. The Balaban J connectivity index is 1.48. The second-order valence-corrected chi connectivity index (χ2v) is 7.37. The SMILES string of the molecule is O=C(CSc1nnc(COc2ccc(Cl)cc2)o1)Nc1cc(Cl)ccc1Cl. The molecule has 0 aliphatic rings. The van der Waals surface area contributed by atoms with E-state index in [2.05, 4.69) is 15.5 Å². The maximum atomic E-state index is 12.0. The molecule has 1 amide bonds. The second kappa shape index (κ2) is 9.32. The summed E-state index contributed by atoms with van der Waals surface area (Å²) >= 11 is 18.8. The van der Waals surface area contributed by atoms with Crippen molar-refractivity contribution in [2.24, 2.45) is 0 Å².